The minimum atomic E-state index is 0. The Morgan fingerprint density at radius 2 is 1.80 bits per heavy atom. The van der Waals surface area contributed by atoms with Crippen molar-refractivity contribution in [2.24, 2.45) is 4.99 Å². The van der Waals surface area contributed by atoms with Gasteiger partial charge in [-0.05, 0) is 38.1 Å². The molecule has 7 nitrogen and oxygen atoms in total. The molecule has 0 bridgehead atoms. The number of nitrogens with one attached hydrogen (secondary N) is 2. The van der Waals surface area contributed by atoms with Crippen LogP contribution in [0.15, 0.2) is 35.3 Å². The van der Waals surface area contributed by atoms with Gasteiger partial charge in [0.25, 0.3) is 0 Å². The van der Waals surface area contributed by atoms with Crippen LogP contribution in [0, 0.1) is 0 Å². The van der Waals surface area contributed by atoms with Gasteiger partial charge in [-0.3, -0.25) is 9.79 Å². The van der Waals surface area contributed by atoms with Gasteiger partial charge in [-0.25, -0.2) is 0 Å². The molecule has 168 valence electrons. The van der Waals surface area contributed by atoms with Gasteiger partial charge in [0, 0.05) is 58.4 Å². The number of nitrogens with zero attached hydrogens (tertiary/aromatic N) is 4. The Balaban J connectivity index is 0.00000320. The molecule has 0 saturated carbocycles. The molecule has 2 fully saturated rings. The van der Waals surface area contributed by atoms with E-state index < -0.39 is 0 Å². The molecule has 0 radical (unpaired) electrons. The number of amides is 1. The summed E-state index contributed by atoms with van der Waals surface area (Å²) in [7, 11) is 1.79. The monoisotopic (exact) mass is 528 g/mol. The predicted molar refractivity (Wildman–Crippen MR) is 135 cm³/mol. The van der Waals surface area contributed by atoms with Crippen LogP contribution in [0.4, 0.5) is 5.69 Å². The van der Waals surface area contributed by atoms with Gasteiger partial charge < -0.3 is 25.3 Å². The Morgan fingerprint density at radius 1 is 1.10 bits per heavy atom. The van der Waals surface area contributed by atoms with Crippen molar-refractivity contribution in [3.8, 4) is 0 Å². The van der Waals surface area contributed by atoms with E-state index in [0.29, 0.717) is 13.0 Å². The number of benzene rings is 1. The summed E-state index contributed by atoms with van der Waals surface area (Å²) in [4.78, 5) is 23.6. The Labute approximate surface area is 198 Å². The first-order valence-corrected chi connectivity index (χ1v) is 11.0. The van der Waals surface area contributed by atoms with Gasteiger partial charge in [0.2, 0.25) is 5.91 Å². The number of para-hydroxylation sites is 1. The molecule has 2 saturated heterocycles. The van der Waals surface area contributed by atoms with Crippen molar-refractivity contribution in [3.63, 3.8) is 0 Å². The van der Waals surface area contributed by atoms with Crippen molar-refractivity contribution in [2.45, 2.75) is 32.2 Å². The third kappa shape index (κ3) is 7.39. The molecular weight excluding hydrogens is 491 g/mol. The number of guanidine groups is 1. The van der Waals surface area contributed by atoms with Crippen LogP contribution < -0.4 is 15.5 Å². The maximum absolute atomic E-state index is 12.4. The quantitative estimate of drug-likeness (QED) is 0.234. The standard InChI is InChI=1S/C22H36N6O.HI/c1-3-26-13-15-27(16-14-26)12-8-7-11-24-22(23-2)25-19-17-21(29)28(18-19)20-9-5-4-6-10-20;/h4-6,9-10,19H,3,7-8,11-18H2,1-2H3,(H2,23,24,25);1H. The van der Waals surface area contributed by atoms with Crippen LogP contribution in [0.3, 0.4) is 0 Å². The Hall–Kier alpha value is -1.39. The van der Waals surface area contributed by atoms with Crippen LogP contribution in [0.1, 0.15) is 26.2 Å². The zero-order valence-corrected chi connectivity index (χ0v) is 20.7. The van der Waals surface area contributed by atoms with Gasteiger partial charge in [0.15, 0.2) is 5.96 Å². The molecular formula is C22H37IN6O. The van der Waals surface area contributed by atoms with Crippen LogP contribution in [-0.4, -0.2) is 87.1 Å². The van der Waals surface area contributed by atoms with E-state index in [-0.39, 0.29) is 35.9 Å². The fraction of sp³-hybridized carbons (Fsp3) is 0.636. The van der Waals surface area contributed by atoms with Crippen molar-refractivity contribution in [3.05, 3.63) is 30.3 Å². The van der Waals surface area contributed by atoms with E-state index in [1.807, 2.05) is 35.2 Å². The maximum atomic E-state index is 12.4. The molecule has 1 atom stereocenters. The van der Waals surface area contributed by atoms with E-state index in [1.54, 1.807) is 7.05 Å². The lowest BCUT2D eigenvalue weighted by Crippen LogP contribution is -2.46. The van der Waals surface area contributed by atoms with E-state index in [4.69, 9.17) is 0 Å². The number of likely N-dealkylation sites (N-methyl/N-ethyl adjacent to an activating group) is 1. The van der Waals surface area contributed by atoms with Crippen molar-refractivity contribution in [1.82, 2.24) is 20.4 Å². The number of carbonyl (C=O) groups is 1. The summed E-state index contributed by atoms with van der Waals surface area (Å²) in [6.07, 6.45) is 2.81. The zero-order valence-electron chi connectivity index (χ0n) is 18.3. The molecule has 0 spiro atoms. The van der Waals surface area contributed by atoms with Crippen LogP contribution in [0.5, 0.6) is 0 Å². The van der Waals surface area contributed by atoms with Gasteiger partial charge >= 0.3 is 0 Å². The summed E-state index contributed by atoms with van der Waals surface area (Å²) in [5.41, 5.74) is 0.963. The summed E-state index contributed by atoms with van der Waals surface area (Å²) in [5, 5.41) is 6.81. The number of hydrogen-bond donors (Lipinski definition) is 2. The van der Waals surface area contributed by atoms with Crippen molar-refractivity contribution in [1.29, 1.82) is 0 Å². The predicted octanol–water partition coefficient (Wildman–Crippen LogP) is 1.99. The van der Waals surface area contributed by atoms with Crippen LogP contribution >= 0.6 is 24.0 Å². The highest BCUT2D eigenvalue weighted by atomic mass is 127. The number of piperazine rings is 1. The highest BCUT2D eigenvalue weighted by Gasteiger charge is 2.31. The fourth-order valence-corrected chi connectivity index (χ4v) is 4.05. The van der Waals surface area contributed by atoms with Gasteiger partial charge in [0.05, 0.1) is 6.04 Å². The molecule has 0 aliphatic carbocycles. The zero-order chi connectivity index (χ0) is 20.5. The van der Waals surface area contributed by atoms with Gasteiger partial charge in [-0.2, -0.15) is 0 Å². The lowest BCUT2D eigenvalue weighted by molar-refractivity contribution is -0.117. The summed E-state index contributed by atoms with van der Waals surface area (Å²) < 4.78 is 0. The van der Waals surface area contributed by atoms with E-state index >= 15 is 0 Å². The Bertz CT molecular complexity index is 663. The first-order chi connectivity index (χ1) is 14.2. The fourth-order valence-electron chi connectivity index (χ4n) is 4.05. The van der Waals surface area contributed by atoms with Crippen LogP contribution in [0.2, 0.25) is 0 Å². The van der Waals surface area contributed by atoms with Crippen molar-refractivity contribution in [2.75, 3.05) is 64.3 Å². The van der Waals surface area contributed by atoms with Gasteiger partial charge in [-0.1, -0.05) is 25.1 Å². The second kappa shape index (κ2) is 13.1. The minimum absolute atomic E-state index is 0. The van der Waals surface area contributed by atoms with Gasteiger partial charge in [0.1, 0.15) is 0 Å². The topological polar surface area (TPSA) is 63.2 Å². The molecule has 2 heterocycles. The van der Waals surface area contributed by atoms with E-state index in [0.717, 1.165) is 24.6 Å². The molecule has 2 N–H and O–H groups in total. The third-order valence-electron chi connectivity index (χ3n) is 5.86. The van der Waals surface area contributed by atoms with E-state index in [2.05, 4.69) is 32.3 Å². The average molecular weight is 528 g/mol. The number of halogens is 1. The molecule has 1 aromatic rings. The summed E-state index contributed by atoms with van der Waals surface area (Å²) in [5.74, 6) is 0.946. The Morgan fingerprint density at radius 3 is 2.47 bits per heavy atom. The molecule has 3 rings (SSSR count). The summed E-state index contributed by atoms with van der Waals surface area (Å²) in [6, 6.07) is 9.95. The molecule has 30 heavy (non-hydrogen) atoms. The first kappa shape index (κ1) is 24.9. The van der Waals surface area contributed by atoms with Crippen LogP contribution in [0.25, 0.3) is 0 Å². The molecule has 1 aromatic carbocycles. The summed E-state index contributed by atoms with van der Waals surface area (Å²) in [6.45, 7) is 10.9. The molecule has 2 aliphatic heterocycles. The van der Waals surface area contributed by atoms with E-state index in [9.17, 15) is 4.79 Å². The number of carbonyl (C=O) groups excluding carboxylic acids is 1. The number of rotatable bonds is 8. The highest BCUT2D eigenvalue weighted by molar-refractivity contribution is 14.0. The normalized spacial score (nSPS) is 20.9. The maximum Gasteiger partial charge on any atom is 0.229 e. The largest absolute Gasteiger partial charge is 0.356 e. The van der Waals surface area contributed by atoms with Crippen molar-refractivity contribution >= 4 is 41.5 Å². The van der Waals surface area contributed by atoms with Crippen molar-refractivity contribution < 1.29 is 4.79 Å². The lowest BCUT2D eigenvalue weighted by atomic mass is 10.2. The minimum Gasteiger partial charge on any atom is -0.356 e. The molecule has 1 amide bonds. The molecule has 1 unspecified atom stereocenters. The summed E-state index contributed by atoms with van der Waals surface area (Å²) >= 11 is 0. The lowest BCUT2D eigenvalue weighted by Gasteiger charge is -2.34. The van der Waals surface area contributed by atoms with Crippen LogP contribution in [-0.2, 0) is 4.79 Å². The SMILES string of the molecule is CCN1CCN(CCCCNC(=NC)NC2CC(=O)N(c3ccccc3)C2)CC1.I. The number of aliphatic imine (C=N–C) groups is 1. The highest BCUT2D eigenvalue weighted by Crippen LogP contribution is 2.20. The molecule has 8 heteroatoms. The number of unbranched alkanes of at least 4 members (excludes halogenated alkanes) is 1. The number of hydrogen-bond acceptors (Lipinski definition) is 4. The molecule has 0 aromatic heterocycles. The Kier molecular flexibility index (Phi) is 10.9. The number of anilines is 1. The van der Waals surface area contributed by atoms with E-state index in [1.165, 1.54) is 45.7 Å². The second-order valence-electron chi connectivity index (χ2n) is 7.87. The first-order valence-electron chi connectivity index (χ1n) is 11.0. The third-order valence-corrected chi connectivity index (χ3v) is 5.86. The second-order valence-corrected chi connectivity index (χ2v) is 7.87. The smallest absolute Gasteiger partial charge is 0.229 e. The average Bonchev–Trinajstić information content (AvgIpc) is 3.13. The molecule has 2 aliphatic rings. The van der Waals surface area contributed by atoms with Gasteiger partial charge in [-0.15, -0.1) is 24.0 Å².